The number of ether oxygens (including phenoxy) is 1. The Kier molecular flexibility index (Phi) is 4.62. The van der Waals surface area contributed by atoms with Crippen molar-refractivity contribution in [3.63, 3.8) is 0 Å². The Morgan fingerprint density at radius 1 is 1.24 bits per heavy atom. The van der Waals surface area contributed by atoms with E-state index in [2.05, 4.69) is 20.1 Å². The molecule has 1 aliphatic heterocycles. The lowest BCUT2D eigenvalue weighted by atomic mass is 9.96. The molecule has 0 radical (unpaired) electrons. The highest BCUT2D eigenvalue weighted by Crippen LogP contribution is 2.26. The number of nitrogens with zero attached hydrogens (tertiary/aromatic N) is 3. The molecule has 1 saturated heterocycles. The fraction of sp³-hybridized carbons (Fsp3) is 0.500. The zero-order valence-electron chi connectivity index (χ0n) is 12.5. The normalized spacial score (nSPS) is 17.2. The molecular formula is C16H22N4O. The van der Waals surface area contributed by atoms with Gasteiger partial charge < -0.3 is 9.64 Å². The summed E-state index contributed by atoms with van der Waals surface area (Å²) in [7, 11) is 1.76. The van der Waals surface area contributed by atoms with Crippen molar-refractivity contribution in [1.29, 1.82) is 0 Å². The molecule has 1 aromatic heterocycles. The zero-order chi connectivity index (χ0) is 14.5. The molecule has 3 rings (SSSR count). The highest BCUT2D eigenvalue weighted by atomic mass is 16.5. The molecule has 0 aliphatic carbocycles. The molecule has 5 heteroatoms. The van der Waals surface area contributed by atoms with Crippen LogP contribution in [0.25, 0.3) is 11.4 Å². The van der Waals surface area contributed by atoms with Crippen LogP contribution >= 0.6 is 0 Å². The smallest absolute Gasteiger partial charge is 0.181 e. The van der Waals surface area contributed by atoms with Crippen molar-refractivity contribution in [1.82, 2.24) is 20.1 Å². The number of methoxy groups -OCH3 is 1. The summed E-state index contributed by atoms with van der Waals surface area (Å²) in [6, 6.07) is 10.1. The molecule has 0 atom stereocenters. The second-order valence-corrected chi connectivity index (χ2v) is 5.52. The van der Waals surface area contributed by atoms with E-state index in [1.165, 1.54) is 0 Å². The molecule has 0 unspecified atom stereocenters. The molecular weight excluding hydrogens is 264 g/mol. The van der Waals surface area contributed by atoms with Crippen LogP contribution in [0.1, 0.15) is 24.6 Å². The van der Waals surface area contributed by atoms with E-state index in [4.69, 9.17) is 4.74 Å². The van der Waals surface area contributed by atoms with Gasteiger partial charge >= 0.3 is 0 Å². The largest absolute Gasteiger partial charge is 0.383 e. The lowest BCUT2D eigenvalue weighted by Gasteiger charge is -2.30. The maximum Gasteiger partial charge on any atom is 0.181 e. The molecule has 1 aliphatic rings. The molecule has 1 aromatic carbocycles. The van der Waals surface area contributed by atoms with E-state index in [9.17, 15) is 0 Å². The number of rotatable bonds is 5. The van der Waals surface area contributed by atoms with Gasteiger partial charge in [-0.05, 0) is 25.9 Å². The monoisotopic (exact) mass is 286 g/mol. The van der Waals surface area contributed by atoms with E-state index in [0.29, 0.717) is 5.92 Å². The van der Waals surface area contributed by atoms with Crippen LogP contribution < -0.4 is 0 Å². The Bertz CT molecular complexity index is 546. The van der Waals surface area contributed by atoms with E-state index >= 15 is 0 Å². The van der Waals surface area contributed by atoms with Gasteiger partial charge in [0.2, 0.25) is 0 Å². The van der Waals surface area contributed by atoms with Crippen LogP contribution in [0.3, 0.4) is 0 Å². The van der Waals surface area contributed by atoms with Gasteiger partial charge in [-0.3, -0.25) is 5.10 Å². The predicted octanol–water partition coefficient (Wildman–Crippen LogP) is 2.30. The van der Waals surface area contributed by atoms with Crippen molar-refractivity contribution in [2.75, 3.05) is 33.4 Å². The van der Waals surface area contributed by atoms with Crippen LogP contribution in [0.4, 0.5) is 0 Å². The molecule has 112 valence electrons. The van der Waals surface area contributed by atoms with Gasteiger partial charge in [-0.25, -0.2) is 4.98 Å². The Labute approximate surface area is 125 Å². The van der Waals surface area contributed by atoms with Gasteiger partial charge in [0.15, 0.2) is 5.82 Å². The summed E-state index contributed by atoms with van der Waals surface area (Å²) in [5, 5.41) is 7.49. The van der Waals surface area contributed by atoms with Gasteiger partial charge in [0, 0.05) is 25.1 Å². The summed E-state index contributed by atoms with van der Waals surface area (Å²) >= 11 is 0. The van der Waals surface area contributed by atoms with Crippen molar-refractivity contribution in [3.8, 4) is 11.4 Å². The van der Waals surface area contributed by atoms with Crippen molar-refractivity contribution in [2.24, 2.45) is 0 Å². The number of hydrogen-bond acceptors (Lipinski definition) is 4. The van der Waals surface area contributed by atoms with E-state index in [1.54, 1.807) is 7.11 Å². The van der Waals surface area contributed by atoms with Crippen molar-refractivity contribution < 1.29 is 4.74 Å². The van der Waals surface area contributed by atoms with E-state index in [0.717, 1.165) is 56.3 Å². The number of H-pyrrole nitrogens is 1. The lowest BCUT2D eigenvalue weighted by Crippen LogP contribution is -2.35. The average Bonchev–Trinajstić information content (AvgIpc) is 3.04. The van der Waals surface area contributed by atoms with Crippen molar-refractivity contribution in [3.05, 3.63) is 36.2 Å². The van der Waals surface area contributed by atoms with Gasteiger partial charge in [0.1, 0.15) is 5.82 Å². The van der Waals surface area contributed by atoms with Crippen LogP contribution in [0, 0.1) is 0 Å². The number of aromatic nitrogens is 3. The first kappa shape index (κ1) is 14.2. The predicted molar refractivity (Wildman–Crippen MR) is 82.1 cm³/mol. The fourth-order valence-corrected chi connectivity index (χ4v) is 2.82. The SMILES string of the molecule is COCCN1CCC(c2nc(-c3ccccc3)n[nH]2)CC1. The van der Waals surface area contributed by atoms with Gasteiger partial charge in [-0.1, -0.05) is 30.3 Å². The minimum atomic E-state index is 0.494. The molecule has 0 spiro atoms. The van der Waals surface area contributed by atoms with Crippen molar-refractivity contribution >= 4 is 0 Å². The third-order valence-electron chi connectivity index (χ3n) is 4.12. The molecule has 0 bridgehead atoms. The van der Waals surface area contributed by atoms with Gasteiger partial charge in [0.25, 0.3) is 0 Å². The Morgan fingerprint density at radius 2 is 2.00 bits per heavy atom. The van der Waals surface area contributed by atoms with Crippen LogP contribution in [0.5, 0.6) is 0 Å². The number of hydrogen-bond donors (Lipinski definition) is 1. The summed E-state index contributed by atoms with van der Waals surface area (Å²) in [4.78, 5) is 7.13. The first-order chi connectivity index (χ1) is 10.4. The molecule has 1 N–H and O–H groups in total. The van der Waals surface area contributed by atoms with Gasteiger partial charge in [-0.2, -0.15) is 5.10 Å². The number of aromatic amines is 1. The summed E-state index contributed by atoms with van der Waals surface area (Å²) < 4.78 is 5.14. The number of benzene rings is 1. The van der Waals surface area contributed by atoms with Gasteiger partial charge in [-0.15, -0.1) is 0 Å². The molecule has 5 nitrogen and oxygen atoms in total. The molecule has 2 aromatic rings. The van der Waals surface area contributed by atoms with Crippen molar-refractivity contribution in [2.45, 2.75) is 18.8 Å². The molecule has 2 heterocycles. The topological polar surface area (TPSA) is 54.0 Å². The zero-order valence-corrected chi connectivity index (χ0v) is 12.5. The number of piperidine rings is 1. The summed E-state index contributed by atoms with van der Waals surface area (Å²) in [6.07, 6.45) is 2.26. The molecule has 21 heavy (non-hydrogen) atoms. The second kappa shape index (κ2) is 6.83. The standard InChI is InChI=1S/C16H22N4O/c1-21-12-11-20-9-7-14(8-10-20)16-17-15(18-19-16)13-5-3-2-4-6-13/h2-6,14H,7-12H2,1H3,(H,17,18,19). The highest BCUT2D eigenvalue weighted by molar-refractivity contribution is 5.53. The average molecular weight is 286 g/mol. The van der Waals surface area contributed by atoms with E-state index in [1.807, 2.05) is 30.3 Å². The third kappa shape index (κ3) is 3.49. The second-order valence-electron chi connectivity index (χ2n) is 5.52. The minimum Gasteiger partial charge on any atom is -0.383 e. The number of likely N-dealkylation sites (tertiary alicyclic amines) is 1. The highest BCUT2D eigenvalue weighted by Gasteiger charge is 2.23. The van der Waals surface area contributed by atoms with Crippen LogP contribution in [0.2, 0.25) is 0 Å². The van der Waals surface area contributed by atoms with E-state index in [-0.39, 0.29) is 0 Å². The number of nitrogens with one attached hydrogen (secondary N) is 1. The molecule has 0 saturated carbocycles. The Hall–Kier alpha value is -1.72. The Morgan fingerprint density at radius 3 is 2.71 bits per heavy atom. The maximum atomic E-state index is 5.14. The van der Waals surface area contributed by atoms with Crippen LogP contribution in [-0.4, -0.2) is 53.4 Å². The van der Waals surface area contributed by atoms with E-state index < -0.39 is 0 Å². The first-order valence-corrected chi connectivity index (χ1v) is 7.56. The maximum absolute atomic E-state index is 5.14. The summed E-state index contributed by atoms with van der Waals surface area (Å²) in [5.74, 6) is 2.32. The Balaban J connectivity index is 1.60. The van der Waals surface area contributed by atoms with Crippen LogP contribution in [0.15, 0.2) is 30.3 Å². The quantitative estimate of drug-likeness (QED) is 0.916. The van der Waals surface area contributed by atoms with Crippen LogP contribution in [-0.2, 0) is 4.74 Å². The fourth-order valence-electron chi connectivity index (χ4n) is 2.82. The summed E-state index contributed by atoms with van der Waals surface area (Å²) in [5.41, 5.74) is 1.07. The molecule has 0 amide bonds. The van der Waals surface area contributed by atoms with Gasteiger partial charge in [0.05, 0.1) is 6.61 Å². The summed E-state index contributed by atoms with van der Waals surface area (Å²) in [6.45, 7) is 4.05. The third-order valence-corrected chi connectivity index (χ3v) is 4.12. The molecule has 1 fully saturated rings. The minimum absolute atomic E-state index is 0.494. The first-order valence-electron chi connectivity index (χ1n) is 7.56. The lowest BCUT2D eigenvalue weighted by molar-refractivity contribution is 0.129.